The molecule has 1 aromatic rings. The van der Waals surface area contributed by atoms with E-state index in [9.17, 15) is 4.79 Å². The van der Waals surface area contributed by atoms with Crippen LogP contribution >= 0.6 is 24.0 Å². The molecule has 3 aliphatic rings. The number of nitrogens with zero attached hydrogens (tertiary/aromatic N) is 2. The Morgan fingerprint density at radius 3 is 2.72 bits per heavy atom. The quantitative estimate of drug-likeness (QED) is 0.362. The number of aryl methyl sites for hydroxylation is 2. The molecule has 0 bridgehead atoms. The van der Waals surface area contributed by atoms with Crippen LogP contribution in [0.15, 0.2) is 23.2 Å². The van der Waals surface area contributed by atoms with Gasteiger partial charge >= 0.3 is 0 Å². The van der Waals surface area contributed by atoms with Crippen molar-refractivity contribution < 1.29 is 4.79 Å². The van der Waals surface area contributed by atoms with Crippen LogP contribution in [0.25, 0.3) is 0 Å². The summed E-state index contributed by atoms with van der Waals surface area (Å²) in [6, 6.07) is 7.11. The number of hydrogen-bond donors (Lipinski definition) is 2. The van der Waals surface area contributed by atoms with E-state index in [1.54, 1.807) is 0 Å². The number of likely N-dealkylation sites (tertiary alicyclic amines) is 1. The van der Waals surface area contributed by atoms with E-state index in [1.165, 1.54) is 48.8 Å². The summed E-state index contributed by atoms with van der Waals surface area (Å²) in [6.45, 7) is 5.31. The fraction of sp³-hybridized carbons (Fsp3) is 0.652. The van der Waals surface area contributed by atoms with Crippen LogP contribution < -0.4 is 10.6 Å². The third-order valence-corrected chi connectivity index (χ3v) is 6.47. The number of nitrogens with one attached hydrogen (secondary N) is 2. The molecule has 1 aromatic carbocycles. The zero-order valence-electron chi connectivity index (χ0n) is 17.6. The molecule has 0 radical (unpaired) electrons. The number of hydrogen-bond acceptors (Lipinski definition) is 2. The van der Waals surface area contributed by atoms with Crippen LogP contribution in [0.1, 0.15) is 62.1 Å². The van der Waals surface area contributed by atoms with E-state index in [2.05, 4.69) is 40.7 Å². The smallest absolute Gasteiger partial charge is 0.225 e. The molecule has 160 valence electrons. The molecule has 5 nitrogen and oxygen atoms in total. The van der Waals surface area contributed by atoms with Gasteiger partial charge in [-0.15, -0.1) is 24.0 Å². The second kappa shape index (κ2) is 10.6. The molecule has 1 unspecified atom stereocenters. The van der Waals surface area contributed by atoms with E-state index < -0.39 is 0 Å². The molecule has 1 aliphatic heterocycles. The number of fused-ring (bicyclic) bond motifs is 1. The van der Waals surface area contributed by atoms with Crippen molar-refractivity contribution in [1.82, 2.24) is 15.5 Å². The van der Waals surface area contributed by atoms with E-state index in [-0.39, 0.29) is 29.9 Å². The van der Waals surface area contributed by atoms with Crippen LogP contribution in [0, 0.1) is 5.92 Å². The van der Waals surface area contributed by atoms with Crippen LogP contribution in [0.4, 0.5) is 0 Å². The highest BCUT2D eigenvalue weighted by atomic mass is 127. The van der Waals surface area contributed by atoms with Crippen molar-refractivity contribution in [2.45, 2.75) is 70.9 Å². The maximum absolute atomic E-state index is 12.7. The van der Waals surface area contributed by atoms with Gasteiger partial charge in [0.2, 0.25) is 5.91 Å². The van der Waals surface area contributed by atoms with Gasteiger partial charge in [-0.2, -0.15) is 0 Å². The monoisotopic (exact) mass is 510 g/mol. The van der Waals surface area contributed by atoms with Crippen molar-refractivity contribution in [1.29, 1.82) is 0 Å². The van der Waals surface area contributed by atoms with Gasteiger partial charge in [0.05, 0.1) is 6.54 Å². The third kappa shape index (κ3) is 5.64. The molecule has 1 amide bonds. The second-order valence-corrected chi connectivity index (χ2v) is 8.55. The van der Waals surface area contributed by atoms with Crippen molar-refractivity contribution in [2.24, 2.45) is 10.9 Å². The van der Waals surface area contributed by atoms with Crippen LogP contribution in [0.3, 0.4) is 0 Å². The number of guanidine groups is 1. The lowest BCUT2D eigenvalue weighted by molar-refractivity contribution is -0.134. The summed E-state index contributed by atoms with van der Waals surface area (Å²) >= 11 is 0. The first-order valence-corrected chi connectivity index (χ1v) is 11.2. The first-order chi connectivity index (χ1) is 13.7. The average molecular weight is 510 g/mol. The number of carbonyl (C=O) groups excluding carboxylic acids is 1. The molecule has 0 aromatic heterocycles. The Balaban J connectivity index is 0.00000240. The summed E-state index contributed by atoms with van der Waals surface area (Å²) in [5.74, 6) is 1.52. The van der Waals surface area contributed by atoms with Crippen molar-refractivity contribution in [3.05, 3.63) is 34.9 Å². The minimum atomic E-state index is 0. The SMILES string of the molecule is CCNC(=NCc1ccc2c(c1)CCC2)NC1CCN(C(=O)C2CCCC2)C1.I. The summed E-state index contributed by atoms with van der Waals surface area (Å²) < 4.78 is 0. The van der Waals surface area contributed by atoms with Crippen LogP contribution in [0.5, 0.6) is 0 Å². The number of amides is 1. The topological polar surface area (TPSA) is 56.7 Å². The van der Waals surface area contributed by atoms with E-state index in [0.29, 0.717) is 18.5 Å². The maximum Gasteiger partial charge on any atom is 0.225 e. The lowest BCUT2D eigenvalue weighted by Gasteiger charge is -2.21. The molecule has 29 heavy (non-hydrogen) atoms. The molecule has 1 heterocycles. The van der Waals surface area contributed by atoms with Crippen molar-refractivity contribution in [3.63, 3.8) is 0 Å². The highest BCUT2D eigenvalue weighted by molar-refractivity contribution is 14.0. The standard InChI is InChI=1S/C23H34N4O.HI/c1-2-24-23(25-15-17-10-11-18-8-5-9-20(18)14-17)26-21-12-13-27(16-21)22(28)19-6-3-4-7-19;/h10-11,14,19,21H,2-9,12-13,15-16H2,1H3,(H2,24,25,26);1H. The van der Waals surface area contributed by atoms with Gasteiger partial charge in [0.1, 0.15) is 0 Å². The van der Waals surface area contributed by atoms with Gasteiger partial charge in [-0.25, -0.2) is 4.99 Å². The molecule has 1 saturated carbocycles. The summed E-state index contributed by atoms with van der Waals surface area (Å²) in [7, 11) is 0. The number of halogens is 1. The molecule has 4 rings (SSSR count). The molecule has 2 aliphatic carbocycles. The van der Waals surface area contributed by atoms with Crippen LogP contribution in [0.2, 0.25) is 0 Å². The van der Waals surface area contributed by atoms with E-state index >= 15 is 0 Å². The van der Waals surface area contributed by atoms with Crippen molar-refractivity contribution in [2.75, 3.05) is 19.6 Å². The van der Waals surface area contributed by atoms with Gasteiger partial charge in [0, 0.05) is 31.6 Å². The molecule has 0 spiro atoms. The molecule has 2 fully saturated rings. The molecule has 6 heteroatoms. The normalized spacial score (nSPS) is 21.8. The number of aliphatic imine (C=N–C) groups is 1. The average Bonchev–Trinajstić information content (AvgIpc) is 3.46. The summed E-state index contributed by atoms with van der Waals surface area (Å²) in [6.07, 6.45) is 9.30. The Bertz CT molecular complexity index is 730. The summed E-state index contributed by atoms with van der Waals surface area (Å²) in [5, 5.41) is 6.93. The zero-order chi connectivity index (χ0) is 19.3. The lowest BCUT2D eigenvalue weighted by Crippen LogP contribution is -2.45. The van der Waals surface area contributed by atoms with Gasteiger partial charge in [0.15, 0.2) is 5.96 Å². The van der Waals surface area contributed by atoms with Crippen LogP contribution in [-0.2, 0) is 24.2 Å². The minimum Gasteiger partial charge on any atom is -0.357 e. The maximum atomic E-state index is 12.7. The summed E-state index contributed by atoms with van der Waals surface area (Å²) in [5.41, 5.74) is 4.29. The van der Waals surface area contributed by atoms with Gasteiger partial charge in [-0.05, 0) is 62.1 Å². The fourth-order valence-corrected chi connectivity index (χ4v) is 4.92. The van der Waals surface area contributed by atoms with E-state index in [1.807, 2.05) is 0 Å². The fourth-order valence-electron chi connectivity index (χ4n) is 4.92. The highest BCUT2D eigenvalue weighted by Gasteiger charge is 2.32. The molecule has 2 N–H and O–H groups in total. The first kappa shape index (κ1) is 22.4. The predicted molar refractivity (Wildman–Crippen MR) is 129 cm³/mol. The largest absolute Gasteiger partial charge is 0.357 e. The van der Waals surface area contributed by atoms with Gasteiger partial charge < -0.3 is 15.5 Å². The molecular weight excluding hydrogens is 475 g/mol. The number of rotatable bonds is 5. The van der Waals surface area contributed by atoms with Crippen LogP contribution in [-0.4, -0.2) is 42.4 Å². The first-order valence-electron chi connectivity index (χ1n) is 11.2. The van der Waals surface area contributed by atoms with Crippen molar-refractivity contribution >= 4 is 35.8 Å². The molecular formula is C23H35IN4O. The molecule has 1 atom stereocenters. The van der Waals surface area contributed by atoms with Gasteiger partial charge in [0.25, 0.3) is 0 Å². The Morgan fingerprint density at radius 2 is 1.93 bits per heavy atom. The predicted octanol–water partition coefficient (Wildman–Crippen LogP) is 3.64. The zero-order valence-corrected chi connectivity index (χ0v) is 19.9. The number of carbonyl (C=O) groups is 1. The number of benzene rings is 1. The van der Waals surface area contributed by atoms with E-state index in [4.69, 9.17) is 4.99 Å². The Labute approximate surface area is 192 Å². The highest BCUT2D eigenvalue weighted by Crippen LogP contribution is 2.28. The molecule has 1 saturated heterocycles. The van der Waals surface area contributed by atoms with Crippen molar-refractivity contribution in [3.8, 4) is 0 Å². The summed E-state index contributed by atoms with van der Waals surface area (Å²) in [4.78, 5) is 19.5. The Hall–Kier alpha value is -1.31. The van der Waals surface area contributed by atoms with Gasteiger partial charge in [-0.3, -0.25) is 4.79 Å². The Morgan fingerprint density at radius 1 is 1.14 bits per heavy atom. The third-order valence-electron chi connectivity index (χ3n) is 6.47. The van der Waals surface area contributed by atoms with E-state index in [0.717, 1.165) is 44.9 Å². The Kier molecular flexibility index (Phi) is 8.21. The van der Waals surface area contributed by atoms with Gasteiger partial charge in [-0.1, -0.05) is 31.0 Å². The minimum absolute atomic E-state index is 0. The second-order valence-electron chi connectivity index (χ2n) is 8.55. The lowest BCUT2D eigenvalue weighted by atomic mass is 10.1.